The molecule has 0 radical (unpaired) electrons. The second-order valence-electron chi connectivity index (χ2n) is 5.04. The van der Waals surface area contributed by atoms with Crippen molar-refractivity contribution in [2.24, 2.45) is 5.92 Å². The van der Waals surface area contributed by atoms with Gasteiger partial charge in [-0.15, -0.1) is 0 Å². The lowest BCUT2D eigenvalue weighted by Gasteiger charge is -2.22. The smallest absolute Gasteiger partial charge is 0.317 e. The van der Waals surface area contributed by atoms with Gasteiger partial charge in [0.2, 0.25) is 0 Å². The number of benzene rings is 1. The van der Waals surface area contributed by atoms with Gasteiger partial charge in [-0.25, -0.2) is 8.99 Å². The first-order valence-electron chi connectivity index (χ1n) is 6.45. The molecule has 1 aromatic rings. The molecule has 0 aromatic heterocycles. The average molecular weight is 306 g/mol. The van der Waals surface area contributed by atoms with E-state index in [1.54, 1.807) is 12.1 Å². The summed E-state index contributed by atoms with van der Waals surface area (Å²) in [5.74, 6) is 0.532. The van der Waals surface area contributed by atoms with Crippen molar-refractivity contribution in [1.29, 1.82) is 4.78 Å². The van der Waals surface area contributed by atoms with Crippen molar-refractivity contribution in [2.75, 3.05) is 13.1 Å². The Labute approximate surface area is 116 Å². The maximum Gasteiger partial charge on any atom is 0.483 e. The number of alkyl halides is 3. The van der Waals surface area contributed by atoms with E-state index in [1.165, 1.54) is 12.1 Å². The van der Waals surface area contributed by atoms with Gasteiger partial charge in [-0.1, -0.05) is 12.1 Å². The van der Waals surface area contributed by atoms with Crippen LogP contribution in [-0.2, 0) is 16.1 Å². The summed E-state index contributed by atoms with van der Waals surface area (Å²) < 4.78 is 56.0. The molecule has 0 spiro atoms. The molecule has 2 rings (SSSR count). The molecule has 2 N–H and O–H groups in total. The fourth-order valence-corrected chi connectivity index (χ4v) is 3.16. The minimum Gasteiger partial charge on any atom is -0.317 e. The molecular weight excluding hydrogens is 289 g/mol. The highest BCUT2D eigenvalue weighted by atomic mass is 32.2. The topological polar surface area (TPSA) is 53.0 Å². The lowest BCUT2D eigenvalue weighted by Crippen LogP contribution is -2.28. The maximum atomic E-state index is 12.5. The molecule has 1 fully saturated rings. The Kier molecular flexibility index (Phi) is 4.39. The fraction of sp³-hybridized carbons (Fsp3) is 0.538. The number of halogens is 3. The van der Waals surface area contributed by atoms with Crippen molar-refractivity contribution >= 4 is 9.73 Å². The van der Waals surface area contributed by atoms with Gasteiger partial charge in [0.05, 0.1) is 4.90 Å². The molecule has 1 aliphatic rings. The summed E-state index contributed by atoms with van der Waals surface area (Å²) in [5.41, 5.74) is -4.10. The molecule has 20 heavy (non-hydrogen) atoms. The van der Waals surface area contributed by atoms with E-state index >= 15 is 0 Å². The van der Waals surface area contributed by atoms with E-state index < -0.39 is 20.1 Å². The number of rotatable bonds is 3. The molecule has 0 aliphatic carbocycles. The molecule has 1 atom stereocenters. The van der Waals surface area contributed by atoms with E-state index in [0.29, 0.717) is 5.92 Å². The second kappa shape index (κ2) is 5.73. The zero-order valence-electron chi connectivity index (χ0n) is 10.9. The van der Waals surface area contributed by atoms with Gasteiger partial charge in [0.1, 0.15) is 0 Å². The van der Waals surface area contributed by atoms with Crippen molar-refractivity contribution in [1.82, 2.24) is 5.32 Å². The van der Waals surface area contributed by atoms with Gasteiger partial charge in [-0.2, -0.15) is 13.2 Å². The van der Waals surface area contributed by atoms with Crippen LogP contribution in [0.1, 0.15) is 18.4 Å². The first-order valence-corrected chi connectivity index (χ1v) is 8.01. The van der Waals surface area contributed by atoms with Gasteiger partial charge >= 0.3 is 5.51 Å². The van der Waals surface area contributed by atoms with Crippen LogP contribution in [0.5, 0.6) is 0 Å². The maximum absolute atomic E-state index is 12.5. The lowest BCUT2D eigenvalue weighted by molar-refractivity contribution is -0.0406. The molecule has 1 aromatic carbocycles. The summed E-state index contributed by atoms with van der Waals surface area (Å²) in [6.45, 7) is 1.94. The first kappa shape index (κ1) is 15.3. The number of hydrogen-bond acceptors (Lipinski definition) is 3. The van der Waals surface area contributed by atoms with Crippen LogP contribution in [0.15, 0.2) is 29.2 Å². The molecule has 0 bridgehead atoms. The van der Waals surface area contributed by atoms with Gasteiger partial charge < -0.3 is 5.32 Å². The van der Waals surface area contributed by atoms with Crippen molar-refractivity contribution < 1.29 is 17.4 Å². The van der Waals surface area contributed by atoms with Crippen LogP contribution >= 0.6 is 0 Å². The second-order valence-corrected chi connectivity index (χ2v) is 7.09. The first-order chi connectivity index (χ1) is 9.30. The minimum atomic E-state index is -5.02. The Balaban J connectivity index is 2.10. The largest absolute Gasteiger partial charge is 0.483 e. The average Bonchev–Trinajstić information content (AvgIpc) is 2.39. The lowest BCUT2D eigenvalue weighted by atomic mass is 9.91. The molecule has 1 aliphatic heterocycles. The SMILES string of the molecule is N=S(=O)(c1ccc(CC2CCNCC2)cc1)C(F)(F)F. The van der Waals surface area contributed by atoms with E-state index in [9.17, 15) is 17.4 Å². The predicted molar refractivity (Wildman–Crippen MR) is 70.9 cm³/mol. The van der Waals surface area contributed by atoms with Crippen LogP contribution < -0.4 is 5.32 Å². The highest BCUT2D eigenvalue weighted by molar-refractivity contribution is 7.93. The Morgan fingerprint density at radius 3 is 2.25 bits per heavy atom. The predicted octanol–water partition coefficient (Wildman–Crippen LogP) is 3.15. The number of piperidine rings is 1. The Hall–Kier alpha value is -1.08. The summed E-state index contributed by atoms with van der Waals surface area (Å²) in [6.07, 6.45) is 2.92. The van der Waals surface area contributed by atoms with Gasteiger partial charge in [-0.05, 0) is 56.0 Å². The monoisotopic (exact) mass is 306 g/mol. The molecule has 3 nitrogen and oxygen atoms in total. The number of hydrogen-bond donors (Lipinski definition) is 2. The van der Waals surface area contributed by atoms with Crippen LogP contribution in [-0.4, -0.2) is 22.8 Å². The van der Waals surface area contributed by atoms with Crippen LogP contribution in [0.4, 0.5) is 13.2 Å². The molecule has 112 valence electrons. The van der Waals surface area contributed by atoms with E-state index in [0.717, 1.165) is 37.9 Å². The Bertz CT molecular complexity index is 546. The van der Waals surface area contributed by atoms with E-state index in [4.69, 9.17) is 4.78 Å². The van der Waals surface area contributed by atoms with Crippen LogP contribution in [0.3, 0.4) is 0 Å². The molecule has 0 amide bonds. The Morgan fingerprint density at radius 1 is 1.20 bits per heavy atom. The van der Waals surface area contributed by atoms with E-state index in [2.05, 4.69) is 5.32 Å². The zero-order chi connectivity index (χ0) is 14.8. The van der Waals surface area contributed by atoms with Gasteiger partial charge in [0, 0.05) is 0 Å². The summed E-state index contributed by atoms with van der Waals surface area (Å²) in [7, 11) is -4.74. The standard InChI is InChI=1S/C13H17F3N2OS/c14-13(15,16)20(17,19)12-3-1-10(2-4-12)9-11-5-7-18-8-6-11/h1-4,11,17-18H,5-9H2. The van der Waals surface area contributed by atoms with Crippen LogP contribution in [0.2, 0.25) is 0 Å². The van der Waals surface area contributed by atoms with Crippen LogP contribution in [0, 0.1) is 10.7 Å². The summed E-state index contributed by atoms with van der Waals surface area (Å²) in [5, 5.41) is 3.26. The summed E-state index contributed by atoms with van der Waals surface area (Å²) >= 11 is 0. The highest BCUT2D eigenvalue weighted by Crippen LogP contribution is 2.31. The fourth-order valence-electron chi connectivity index (χ4n) is 2.37. The minimum absolute atomic E-state index is 0.473. The van der Waals surface area contributed by atoms with Crippen molar-refractivity contribution in [3.05, 3.63) is 29.8 Å². The molecule has 1 saturated heterocycles. The normalized spacial score (nSPS) is 20.6. The van der Waals surface area contributed by atoms with Crippen LogP contribution in [0.25, 0.3) is 0 Å². The molecule has 7 heteroatoms. The zero-order valence-corrected chi connectivity index (χ0v) is 11.7. The third-order valence-corrected chi connectivity index (χ3v) is 5.15. The van der Waals surface area contributed by atoms with E-state index in [-0.39, 0.29) is 0 Å². The Morgan fingerprint density at radius 2 is 1.75 bits per heavy atom. The molecule has 1 unspecified atom stereocenters. The summed E-state index contributed by atoms with van der Waals surface area (Å²) in [6, 6.07) is 5.44. The highest BCUT2D eigenvalue weighted by Gasteiger charge is 2.43. The number of nitrogens with one attached hydrogen (secondary N) is 2. The van der Waals surface area contributed by atoms with Crippen molar-refractivity contribution in [3.8, 4) is 0 Å². The molecular formula is C13H17F3N2OS. The molecule has 0 saturated carbocycles. The van der Waals surface area contributed by atoms with Crippen molar-refractivity contribution in [2.45, 2.75) is 29.7 Å². The van der Waals surface area contributed by atoms with Gasteiger partial charge in [0.15, 0.2) is 9.73 Å². The third-order valence-electron chi connectivity index (χ3n) is 3.56. The van der Waals surface area contributed by atoms with E-state index in [1.807, 2.05) is 0 Å². The summed E-state index contributed by atoms with van der Waals surface area (Å²) in [4.78, 5) is -0.473. The van der Waals surface area contributed by atoms with Crippen molar-refractivity contribution in [3.63, 3.8) is 0 Å². The quantitative estimate of drug-likeness (QED) is 0.901. The third kappa shape index (κ3) is 3.32. The molecule has 1 heterocycles. The van der Waals surface area contributed by atoms with Gasteiger partial charge in [0.25, 0.3) is 0 Å². The van der Waals surface area contributed by atoms with Gasteiger partial charge in [-0.3, -0.25) is 0 Å².